The highest BCUT2D eigenvalue weighted by Crippen LogP contribution is 2.39. The van der Waals surface area contributed by atoms with Gasteiger partial charge in [-0.05, 0) is 55.2 Å². The van der Waals surface area contributed by atoms with Gasteiger partial charge in [-0.15, -0.1) is 6.58 Å². The van der Waals surface area contributed by atoms with Crippen molar-refractivity contribution >= 4 is 0 Å². The fourth-order valence-corrected chi connectivity index (χ4v) is 3.80. The lowest BCUT2D eigenvalue weighted by atomic mass is 9.78. The predicted octanol–water partition coefficient (Wildman–Crippen LogP) is 8.15. The van der Waals surface area contributed by atoms with Crippen LogP contribution in [-0.4, -0.2) is 6.18 Å². The largest absolute Gasteiger partial charge is 0.459 e. The van der Waals surface area contributed by atoms with E-state index >= 15 is 0 Å². The Labute approximate surface area is 190 Å². The second-order valence-corrected chi connectivity index (χ2v) is 7.88. The highest BCUT2D eigenvalue weighted by atomic mass is 19.4. The van der Waals surface area contributed by atoms with E-state index in [-0.39, 0.29) is 24.3 Å². The van der Waals surface area contributed by atoms with Crippen molar-refractivity contribution in [2.75, 3.05) is 0 Å². The topological polar surface area (TPSA) is 18.5 Å². The van der Waals surface area contributed by atoms with Crippen molar-refractivity contribution in [1.82, 2.24) is 0 Å². The Morgan fingerprint density at radius 3 is 2.00 bits per heavy atom. The van der Waals surface area contributed by atoms with Gasteiger partial charge in [0.1, 0.15) is 11.6 Å². The average Bonchev–Trinajstić information content (AvgIpc) is 2.74. The minimum atomic E-state index is -4.79. The lowest BCUT2D eigenvalue weighted by Crippen LogP contribution is -2.24. The molecule has 2 nitrogen and oxygen atoms in total. The Balaban J connectivity index is 1.75. The Morgan fingerprint density at radius 2 is 1.47 bits per heavy atom. The molecule has 2 aromatic carbocycles. The van der Waals surface area contributed by atoms with E-state index < -0.39 is 52.9 Å². The zero-order valence-electron chi connectivity index (χ0n) is 17.6. The molecule has 0 saturated heterocycles. The monoisotopic (exact) mass is 492 g/mol. The Morgan fingerprint density at radius 1 is 0.853 bits per heavy atom. The fourth-order valence-electron chi connectivity index (χ4n) is 3.80. The maximum atomic E-state index is 14.6. The summed E-state index contributed by atoms with van der Waals surface area (Å²) in [5, 5.41) is 0. The van der Waals surface area contributed by atoms with Crippen LogP contribution < -0.4 is 9.47 Å². The minimum Gasteiger partial charge on any atom is -0.459 e. The predicted molar refractivity (Wildman–Crippen MR) is 108 cm³/mol. The molecule has 0 radical (unpaired) electrons. The summed E-state index contributed by atoms with van der Waals surface area (Å²) in [6.07, 6.45) is -4.40. The zero-order chi connectivity index (χ0) is 25.1. The molecule has 2 aromatic rings. The van der Waals surface area contributed by atoms with E-state index in [0.717, 1.165) is 37.8 Å². The SMILES string of the molecule is C=CC1CCC(c2ccc(C(F)(F)Oc3cc(F)c(OC=CC(F)(F)F)c(F)c3)c(F)c2)CC1. The summed E-state index contributed by atoms with van der Waals surface area (Å²) in [7, 11) is 0. The van der Waals surface area contributed by atoms with E-state index in [1.54, 1.807) is 0 Å². The first-order valence-electron chi connectivity index (χ1n) is 10.3. The van der Waals surface area contributed by atoms with Crippen LogP contribution in [0.25, 0.3) is 0 Å². The van der Waals surface area contributed by atoms with Crippen LogP contribution in [0.5, 0.6) is 11.5 Å². The van der Waals surface area contributed by atoms with Gasteiger partial charge in [-0.3, -0.25) is 0 Å². The maximum absolute atomic E-state index is 14.6. The van der Waals surface area contributed by atoms with Gasteiger partial charge in [0.15, 0.2) is 17.4 Å². The van der Waals surface area contributed by atoms with Crippen molar-refractivity contribution in [3.63, 3.8) is 0 Å². The van der Waals surface area contributed by atoms with Gasteiger partial charge in [-0.25, -0.2) is 13.2 Å². The van der Waals surface area contributed by atoms with E-state index in [1.807, 2.05) is 6.08 Å². The van der Waals surface area contributed by atoms with Crippen LogP contribution in [-0.2, 0) is 6.11 Å². The number of allylic oxidation sites excluding steroid dienone is 2. The van der Waals surface area contributed by atoms with Gasteiger partial charge in [0.25, 0.3) is 0 Å². The molecule has 1 aliphatic rings. The van der Waals surface area contributed by atoms with E-state index in [2.05, 4.69) is 16.1 Å². The molecular weight excluding hydrogens is 472 g/mol. The summed E-state index contributed by atoms with van der Waals surface area (Å²) in [4.78, 5) is 0. The van der Waals surface area contributed by atoms with Crippen LogP contribution in [0.2, 0.25) is 0 Å². The third-order valence-electron chi connectivity index (χ3n) is 5.54. The smallest absolute Gasteiger partial charge is 0.429 e. The third-order valence-corrected chi connectivity index (χ3v) is 5.54. The number of halogens is 8. The molecule has 0 heterocycles. The van der Waals surface area contributed by atoms with Crippen molar-refractivity contribution in [3.05, 3.63) is 83.9 Å². The van der Waals surface area contributed by atoms with E-state index in [0.29, 0.717) is 11.5 Å². The van der Waals surface area contributed by atoms with E-state index in [9.17, 15) is 35.1 Å². The van der Waals surface area contributed by atoms with E-state index in [1.165, 1.54) is 6.07 Å². The summed E-state index contributed by atoms with van der Waals surface area (Å²) in [5.74, 6) is -6.32. The second kappa shape index (κ2) is 10.1. The molecule has 1 saturated carbocycles. The number of benzene rings is 2. The standard InChI is InChI=1S/C24H20F8O2/c1-2-14-3-5-15(6-4-14)16-7-8-18(19(25)11-16)24(31,32)34-17-12-20(26)22(21(27)13-17)33-10-9-23(28,29)30/h2,7-15H,1,3-6H2. The average molecular weight is 492 g/mol. The summed E-state index contributed by atoms with van der Waals surface area (Å²) in [6.45, 7) is 3.75. The first kappa shape index (κ1) is 25.6. The molecule has 0 amide bonds. The first-order valence-corrected chi connectivity index (χ1v) is 10.3. The molecule has 0 bridgehead atoms. The van der Waals surface area contributed by atoms with Crippen molar-refractivity contribution in [2.45, 2.75) is 43.9 Å². The molecule has 0 atom stereocenters. The molecule has 0 aliphatic heterocycles. The van der Waals surface area contributed by atoms with Crippen molar-refractivity contribution in [2.24, 2.45) is 5.92 Å². The molecule has 34 heavy (non-hydrogen) atoms. The highest BCUT2D eigenvalue weighted by molar-refractivity contribution is 5.36. The molecule has 1 fully saturated rings. The highest BCUT2D eigenvalue weighted by Gasteiger charge is 2.38. The molecule has 1 aliphatic carbocycles. The molecule has 0 spiro atoms. The number of alkyl halides is 5. The summed E-state index contributed by atoms with van der Waals surface area (Å²) in [6, 6.07) is 3.79. The van der Waals surface area contributed by atoms with Crippen molar-refractivity contribution in [3.8, 4) is 11.5 Å². The van der Waals surface area contributed by atoms with E-state index in [4.69, 9.17) is 0 Å². The Hall–Kier alpha value is -3.04. The van der Waals surface area contributed by atoms with Crippen LogP contribution in [0.1, 0.15) is 42.7 Å². The normalized spacial score (nSPS) is 19.3. The molecular formula is C24H20F8O2. The van der Waals surface area contributed by atoms with Gasteiger partial charge in [-0.1, -0.05) is 12.1 Å². The lowest BCUT2D eigenvalue weighted by Gasteiger charge is -2.27. The van der Waals surface area contributed by atoms with Crippen LogP contribution in [0.15, 0.2) is 55.3 Å². The Bertz CT molecular complexity index is 1030. The molecule has 0 aromatic heterocycles. The molecule has 0 unspecified atom stereocenters. The maximum Gasteiger partial charge on any atom is 0.429 e. The van der Waals surface area contributed by atoms with Crippen LogP contribution in [0, 0.1) is 23.4 Å². The number of hydrogen-bond acceptors (Lipinski definition) is 2. The van der Waals surface area contributed by atoms with Gasteiger partial charge in [0.05, 0.1) is 17.9 Å². The number of hydrogen-bond donors (Lipinski definition) is 0. The summed E-state index contributed by atoms with van der Waals surface area (Å²) < 4.78 is 117. The third kappa shape index (κ3) is 6.30. The molecule has 3 rings (SSSR count). The molecule has 0 N–H and O–H groups in total. The number of rotatable bonds is 7. The second-order valence-electron chi connectivity index (χ2n) is 7.88. The minimum absolute atomic E-state index is 0.00256. The van der Waals surface area contributed by atoms with Crippen molar-refractivity contribution < 1.29 is 44.6 Å². The quantitative estimate of drug-likeness (QED) is 0.221. The van der Waals surface area contributed by atoms with Gasteiger partial charge < -0.3 is 9.47 Å². The first-order chi connectivity index (χ1) is 15.9. The Kier molecular flexibility index (Phi) is 7.57. The summed E-state index contributed by atoms with van der Waals surface area (Å²) >= 11 is 0. The zero-order valence-corrected chi connectivity index (χ0v) is 17.6. The fraction of sp³-hybridized carbons (Fsp3) is 0.333. The van der Waals surface area contributed by atoms with Gasteiger partial charge in [0.2, 0.25) is 0 Å². The van der Waals surface area contributed by atoms with Gasteiger partial charge >= 0.3 is 12.3 Å². The van der Waals surface area contributed by atoms with Crippen LogP contribution in [0.3, 0.4) is 0 Å². The lowest BCUT2D eigenvalue weighted by molar-refractivity contribution is -0.187. The summed E-state index contributed by atoms with van der Waals surface area (Å²) in [5.41, 5.74) is -0.574. The van der Waals surface area contributed by atoms with Crippen LogP contribution >= 0.6 is 0 Å². The van der Waals surface area contributed by atoms with Crippen LogP contribution in [0.4, 0.5) is 35.1 Å². The van der Waals surface area contributed by atoms with Gasteiger partial charge in [0, 0.05) is 12.1 Å². The number of ether oxygens (including phenoxy) is 2. The molecule has 184 valence electrons. The van der Waals surface area contributed by atoms with Crippen molar-refractivity contribution in [1.29, 1.82) is 0 Å². The van der Waals surface area contributed by atoms with Gasteiger partial charge in [-0.2, -0.15) is 22.0 Å². The molecule has 10 heteroatoms.